The second-order valence-corrected chi connectivity index (χ2v) is 4.77. The Morgan fingerprint density at radius 1 is 1.47 bits per heavy atom. The van der Waals surface area contributed by atoms with Crippen LogP contribution in [0, 0.1) is 5.92 Å². The minimum Gasteiger partial charge on any atom is -0.481 e. The molecule has 1 aliphatic heterocycles. The van der Waals surface area contributed by atoms with Crippen LogP contribution >= 0.6 is 0 Å². The third-order valence-corrected chi connectivity index (χ3v) is 3.15. The lowest BCUT2D eigenvalue weighted by Crippen LogP contribution is -2.51. The number of hydrogen-bond donors (Lipinski definition) is 1. The maximum atomic E-state index is 11.9. The molecule has 0 aromatic rings. The zero-order valence-electron chi connectivity index (χ0n) is 9.83. The summed E-state index contributed by atoms with van der Waals surface area (Å²) >= 11 is 0. The van der Waals surface area contributed by atoms with E-state index in [2.05, 4.69) is 0 Å². The molecule has 1 atom stereocenters. The molecule has 1 heterocycles. The van der Waals surface area contributed by atoms with Crippen molar-refractivity contribution >= 4 is 5.97 Å². The first-order valence-corrected chi connectivity index (χ1v) is 5.80. The van der Waals surface area contributed by atoms with Crippen molar-refractivity contribution in [2.75, 3.05) is 13.1 Å². The van der Waals surface area contributed by atoms with Crippen LogP contribution in [0.25, 0.3) is 0 Å². The molecule has 0 aromatic carbocycles. The first kappa shape index (κ1) is 14.3. The SMILES string of the molecule is CC(CCCC(F)(F)F)N1CC(CC(=O)O)C1. The van der Waals surface area contributed by atoms with E-state index in [0.29, 0.717) is 19.5 Å². The number of carboxylic acids is 1. The highest BCUT2D eigenvalue weighted by Gasteiger charge is 2.32. The van der Waals surface area contributed by atoms with Gasteiger partial charge in [-0.2, -0.15) is 13.2 Å². The van der Waals surface area contributed by atoms with Crippen molar-refractivity contribution in [3.63, 3.8) is 0 Å². The van der Waals surface area contributed by atoms with Crippen LogP contribution < -0.4 is 0 Å². The van der Waals surface area contributed by atoms with E-state index in [-0.39, 0.29) is 24.8 Å². The molecule has 1 aliphatic rings. The summed E-state index contributed by atoms with van der Waals surface area (Å²) < 4.78 is 35.8. The standard InChI is InChI=1S/C11H18F3NO2/c1-8(3-2-4-11(12,13)14)15-6-9(7-15)5-10(16)17/h8-9H,2-7H2,1H3,(H,16,17). The van der Waals surface area contributed by atoms with Crippen LogP contribution in [0.4, 0.5) is 13.2 Å². The van der Waals surface area contributed by atoms with Crippen LogP contribution in [0.1, 0.15) is 32.6 Å². The summed E-state index contributed by atoms with van der Waals surface area (Å²) in [7, 11) is 0. The molecule has 17 heavy (non-hydrogen) atoms. The molecule has 1 fully saturated rings. The van der Waals surface area contributed by atoms with E-state index in [0.717, 1.165) is 0 Å². The van der Waals surface area contributed by atoms with Gasteiger partial charge in [-0.05, 0) is 25.7 Å². The highest BCUT2D eigenvalue weighted by Crippen LogP contribution is 2.26. The zero-order valence-corrected chi connectivity index (χ0v) is 9.83. The Morgan fingerprint density at radius 2 is 2.06 bits per heavy atom. The number of aliphatic carboxylic acids is 1. The molecule has 100 valence electrons. The summed E-state index contributed by atoms with van der Waals surface area (Å²) in [6.07, 6.45) is -3.99. The van der Waals surface area contributed by atoms with E-state index in [1.54, 1.807) is 0 Å². The van der Waals surface area contributed by atoms with Crippen molar-refractivity contribution in [3.05, 3.63) is 0 Å². The predicted octanol–water partition coefficient (Wildman–Crippen LogP) is 2.51. The van der Waals surface area contributed by atoms with Gasteiger partial charge < -0.3 is 5.11 Å². The Balaban J connectivity index is 2.11. The topological polar surface area (TPSA) is 40.5 Å². The van der Waals surface area contributed by atoms with E-state index in [1.165, 1.54) is 0 Å². The molecule has 0 saturated carbocycles. The Kier molecular flexibility index (Phi) is 4.80. The van der Waals surface area contributed by atoms with Crippen LogP contribution in [0.3, 0.4) is 0 Å². The molecular weight excluding hydrogens is 235 g/mol. The first-order valence-electron chi connectivity index (χ1n) is 5.80. The summed E-state index contributed by atoms with van der Waals surface area (Å²) in [5.41, 5.74) is 0. The molecule has 0 aliphatic carbocycles. The van der Waals surface area contributed by atoms with Crippen molar-refractivity contribution in [3.8, 4) is 0 Å². The number of carboxylic acid groups (broad SMARTS) is 1. The van der Waals surface area contributed by atoms with Crippen LogP contribution in [-0.4, -0.2) is 41.3 Å². The van der Waals surface area contributed by atoms with E-state index in [4.69, 9.17) is 5.11 Å². The fraction of sp³-hybridized carbons (Fsp3) is 0.909. The van der Waals surface area contributed by atoms with Crippen LogP contribution in [0.15, 0.2) is 0 Å². The zero-order chi connectivity index (χ0) is 13.1. The summed E-state index contributed by atoms with van der Waals surface area (Å²) in [5.74, 6) is -0.642. The van der Waals surface area contributed by atoms with Gasteiger partial charge in [0.15, 0.2) is 0 Å². The maximum Gasteiger partial charge on any atom is 0.389 e. The second kappa shape index (κ2) is 5.71. The summed E-state index contributed by atoms with van der Waals surface area (Å²) in [6, 6.07) is 0.113. The molecule has 0 amide bonds. The molecular formula is C11H18F3NO2. The normalized spacial score (nSPS) is 20.0. The maximum absolute atomic E-state index is 11.9. The van der Waals surface area contributed by atoms with Gasteiger partial charge in [0.25, 0.3) is 0 Å². The van der Waals surface area contributed by atoms with Crippen LogP contribution in [0.2, 0.25) is 0 Å². The molecule has 6 heteroatoms. The molecule has 1 rings (SSSR count). The second-order valence-electron chi connectivity index (χ2n) is 4.77. The number of halogens is 3. The van der Waals surface area contributed by atoms with Gasteiger partial charge in [0.1, 0.15) is 0 Å². The van der Waals surface area contributed by atoms with Gasteiger partial charge in [0, 0.05) is 25.6 Å². The first-order chi connectivity index (χ1) is 7.78. The van der Waals surface area contributed by atoms with Gasteiger partial charge in [-0.25, -0.2) is 0 Å². The fourth-order valence-electron chi connectivity index (χ4n) is 2.13. The minimum atomic E-state index is -4.07. The Bertz CT molecular complexity index is 262. The van der Waals surface area contributed by atoms with Crippen LogP contribution in [-0.2, 0) is 4.79 Å². The molecule has 3 nitrogen and oxygen atoms in total. The largest absolute Gasteiger partial charge is 0.481 e. The third kappa shape index (κ3) is 5.39. The fourth-order valence-corrected chi connectivity index (χ4v) is 2.13. The molecule has 0 aromatic heterocycles. The van der Waals surface area contributed by atoms with Crippen molar-refractivity contribution in [2.24, 2.45) is 5.92 Å². The van der Waals surface area contributed by atoms with Crippen molar-refractivity contribution in [2.45, 2.75) is 44.8 Å². The minimum absolute atomic E-state index is 0.113. The lowest BCUT2D eigenvalue weighted by molar-refractivity contribution is -0.141. The lowest BCUT2D eigenvalue weighted by atomic mass is 9.93. The van der Waals surface area contributed by atoms with Gasteiger partial charge in [0.2, 0.25) is 0 Å². The number of alkyl halides is 3. The highest BCUT2D eigenvalue weighted by atomic mass is 19.4. The third-order valence-electron chi connectivity index (χ3n) is 3.15. The molecule has 1 N–H and O–H groups in total. The van der Waals surface area contributed by atoms with Gasteiger partial charge >= 0.3 is 12.1 Å². The molecule has 1 saturated heterocycles. The lowest BCUT2D eigenvalue weighted by Gasteiger charge is -2.42. The Morgan fingerprint density at radius 3 is 2.53 bits per heavy atom. The van der Waals surface area contributed by atoms with Crippen molar-refractivity contribution in [1.82, 2.24) is 4.90 Å². The van der Waals surface area contributed by atoms with E-state index < -0.39 is 18.6 Å². The molecule has 0 spiro atoms. The summed E-state index contributed by atoms with van der Waals surface area (Å²) in [4.78, 5) is 12.5. The van der Waals surface area contributed by atoms with Crippen molar-refractivity contribution < 1.29 is 23.1 Å². The van der Waals surface area contributed by atoms with Crippen LogP contribution in [0.5, 0.6) is 0 Å². The number of nitrogens with zero attached hydrogens (tertiary/aromatic N) is 1. The van der Waals surface area contributed by atoms with Gasteiger partial charge in [0.05, 0.1) is 6.42 Å². The summed E-state index contributed by atoms with van der Waals surface area (Å²) in [5, 5.41) is 8.56. The number of carbonyl (C=O) groups is 1. The van der Waals surface area contributed by atoms with E-state index in [1.807, 2.05) is 11.8 Å². The Labute approximate surface area is 98.6 Å². The number of rotatable bonds is 6. The molecule has 0 radical (unpaired) electrons. The molecule has 0 bridgehead atoms. The average Bonchev–Trinajstić information content (AvgIpc) is 2.07. The van der Waals surface area contributed by atoms with Gasteiger partial charge in [-0.3, -0.25) is 9.69 Å². The number of likely N-dealkylation sites (tertiary alicyclic amines) is 1. The average molecular weight is 253 g/mol. The molecule has 1 unspecified atom stereocenters. The van der Waals surface area contributed by atoms with E-state index >= 15 is 0 Å². The predicted molar refractivity (Wildman–Crippen MR) is 56.7 cm³/mol. The highest BCUT2D eigenvalue weighted by molar-refractivity contribution is 5.67. The quantitative estimate of drug-likeness (QED) is 0.790. The Hall–Kier alpha value is -0.780. The smallest absolute Gasteiger partial charge is 0.389 e. The monoisotopic (exact) mass is 253 g/mol. The van der Waals surface area contributed by atoms with E-state index in [9.17, 15) is 18.0 Å². The van der Waals surface area contributed by atoms with Gasteiger partial charge in [-0.15, -0.1) is 0 Å². The summed E-state index contributed by atoms with van der Waals surface area (Å²) in [6.45, 7) is 3.28. The van der Waals surface area contributed by atoms with Gasteiger partial charge in [-0.1, -0.05) is 0 Å². The number of hydrogen-bond acceptors (Lipinski definition) is 2. The van der Waals surface area contributed by atoms with Crippen molar-refractivity contribution in [1.29, 1.82) is 0 Å².